The SMILES string of the molecule is C.CCOC(=O)CBr.CCOC(=O)Cn1cnc2c1c(=O)[nH]c(=O)n2C.Cn1c2c(c(=O)[nH]c1=O)CC=N2. The molecule has 0 saturated carbocycles. The van der Waals surface area contributed by atoms with Crippen molar-refractivity contribution in [3.63, 3.8) is 0 Å². The van der Waals surface area contributed by atoms with Gasteiger partial charge in [-0.1, -0.05) is 23.4 Å². The highest BCUT2D eigenvalue weighted by Gasteiger charge is 2.15. The van der Waals surface area contributed by atoms with Crippen LogP contribution in [0.3, 0.4) is 0 Å². The number of ether oxygens (including phenoxy) is 2. The van der Waals surface area contributed by atoms with Crippen LogP contribution in [0.15, 0.2) is 30.5 Å². The van der Waals surface area contributed by atoms with Crippen molar-refractivity contribution < 1.29 is 19.1 Å². The predicted molar refractivity (Wildman–Crippen MR) is 144 cm³/mol. The average molecular weight is 600 g/mol. The van der Waals surface area contributed by atoms with E-state index in [-0.39, 0.29) is 43.3 Å². The van der Waals surface area contributed by atoms with E-state index in [0.29, 0.717) is 29.7 Å². The molecule has 0 bridgehead atoms. The Kier molecular flexibility index (Phi) is 12.3. The number of aliphatic imine (C=N–C) groups is 1. The second-order valence-electron chi connectivity index (χ2n) is 7.24. The number of carbonyl (C=O) groups excluding carboxylic acids is 2. The number of alkyl halides is 1. The molecule has 2 N–H and O–H groups in total. The molecule has 0 radical (unpaired) electrons. The molecule has 16 heteroatoms. The molecule has 38 heavy (non-hydrogen) atoms. The number of imidazole rings is 1. The van der Waals surface area contributed by atoms with E-state index in [9.17, 15) is 28.8 Å². The third kappa shape index (κ3) is 7.71. The van der Waals surface area contributed by atoms with Gasteiger partial charge < -0.3 is 14.0 Å². The fourth-order valence-electron chi connectivity index (χ4n) is 3.08. The van der Waals surface area contributed by atoms with Gasteiger partial charge in [0.2, 0.25) is 0 Å². The van der Waals surface area contributed by atoms with Gasteiger partial charge in [-0.15, -0.1) is 0 Å². The smallest absolute Gasteiger partial charge is 0.329 e. The zero-order valence-electron chi connectivity index (χ0n) is 20.6. The van der Waals surface area contributed by atoms with Gasteiger partial charge in [0.05, 0.1) is 25.1 Å². The van der Waals surface area contributed by atoms with Crippen LogP contribution in [0.25, 0.3) is 11.2 Å². The molecule has 15 nitrogen and oxygen atoms in total. The number of nitrogens with one attached hydrogen (secondary N) is 2. The van der Waals surface area contributed by atoms with Crippen LogP contribution in [0, 0.1) is 0 Å². The Morgan fingerprint density at radius 2 is 1.55 bits per heavy atom. The lowest BCUT2D eigenvalue weighted by Gasteiger charge is -2.03. The Morgan fingerprint density at radius 1 is 0.974 bits per heavy atom. The molecule has 4 rings (SSSR count). The maximum atomic E-state index is 11.7. The summed E-state index contributed by atoms with van der Waals surface area (Å²) >= 11 is 2.94. The van der Waals surface area contributed by atoms with E-state index < -0.39 is 22.9 Å². The van der Waals surface area contributed by atoms with E-state index in [1.54, 1.807) is 27.1 Å². The second kappa shape index (κ2) is 14.6. The van der Waals surface area contributed by atoms with Crippen LogP contribution in [0.1, 0.15) is 26.8 Å². The summed E-state index contributed by atoms with van der Waals surface area (Å²) < 4.78 is 13.2. The first-order chi connectivity index (χ1) is 17.5. The van der Waals surface area contributed by atoms with Crippen LogP contribution >= 0.6 is 15.9 Å². The van der Waals surface area contributed by atoms with Gasteiger partial charge in [-0.2, -0.15) is 0 Å². The topological polar surface area (TPSA) is 192 Å². The second-order valence-corrected chi connectivity index (χ2v) is 7.80. The molecule has 0 unspecified atom stereocenters. The van der Waals surface area contributed by atoms with Gasteiger partial charge in [-0.3, -0.25) is 38.3 Å². The lowest BCUT2D eigenvalue weighted by atomic mass is 10.2. The Morgan fingerprint density at radius 3 is 2.13 bits per heavy atom. The molecular formula is C22H30BrN7O8. The highest BCUT2D eigenvalue weighted by molar-refractivity contribution is 9.09. The summed E-state index contributed by atoms with van der Waals surface area (Å²) in [6.45, 7) is 4.08. The number of rotatable bonds is 5. The fraction of sp³-hybridized carbons (Fsp3) is 0.455. The number of hydrogen-bond acceptors (Lipinski definition) is 10. The molecular weight excluding hydrogens is 570 g/mol. The number of aryl methyl sites for hydroxylation is 1. The summed E-state index contributed by atoms with van der Waals surface area (Å²) in [7, 11) is 3.07. The van der Waals surface area contributed by atoms with Crippen LogP contribution in [0.5, 0.6) is 0 Å². The molecule has 1 aliphatic rings. The monoisotopic (exact) mass is 599 g/mol. The Balaban J connectivity index is 0.000000312. The maximum Gasteiger partial charge on any atom is 0.329 e. The summed E-state index contributed by atoms with van der Waals surface area (Å²) in [6, 6.07) is 0. The van der Waals surface area contributed by atoms with Gasteiger partial charge >= 0.3 is 23.3 Å². The molecule has 0 saturated heterocycles. The average Bonchev–Trinajstić information content (AvgIpc) is 3.51. The van der Waals surface area contributed by atoms with E-state index in [2.05, 4.69) is 40.6 Å². The van der Waals surface area contributed by atoms with E-state index in [4.69, 9.17) is 4.74 Å². The number of halogens is 1. The van der Waals surface area contributed by atoms with Crippen LogP contribution in [0.2, 0.25) is 0 Å². The largest absolute Gasteiger partial charge is 0.465 e. The van der Waals surface area contributed by atoms with Gasteiger partial charge in [0, 0.05) is 26.7 Å². The summed E-state index contributed by atoms with van der Waals surface area (Å²) in [5.41, 5.74) is -0.900. The quantitative estimate of drug-likeness (QED) is 0.297. The molecule has 3 aromatic heterocycles. The molecule has 0 amide bonds. The van der Waals surface area contributed by atoms with Gasteiger partial charge in [0.1, 0.15) is 17.7 Å². The summed E-state index contributed by atoms with van der Waals surface area (Å²) in [6.07, 6.45) is 3.47. The Labute approximate surface area is 224 Å². The van der Waals surface area contributed by atoms with Crippen molar-refractivity contribution in [1.29, 1.82) is 0 Å². The first-order valence-electron chi connectivity index (χ1n) is 10.9. The van der Waals surface area contributed by atoms with Crippen LogP contribution in [0.4, 0.5) is 5.82 Å². The molecule has 208 valence electrons. The van der Waals surface area contributed by atoms with E-state index in [0.717, 1.165) is 0 Å². The van der Waals surface area contributed by atoms with E-state index in [1.165, 1.54) is 27.1 Å². The molecule has 0 aromatic carbocycles. The van der Waals surface area contributed by atoms with Crippen molar-refractivity contribution in [3.05, 3.63) is 53.6 Å². The van der Waals surface area contributed by atoms with Crippen LogP contribution in [-0.4, -0.2) is 65.4 Å². The van der Waals surface area contributed by atoms with Gasteiger partial charge in [-0.25, -0.2) is 19.6 Å². The minimum atomic E-state index is -0.574. The third-order valence-electron chi connectivity index (χ3n) is 4.79. The van der Waals surface area contributed by atoms with Gasteiger partial charge in [0.15, 0.2) is 11.2 Å². The number of esters is 2. The first kappa shape index (κ1) is 31.9. The Hall–Kier alpha value is -4.08. The number of aromatic nitrogens is 6. The van der Waals surface area contributed by atoms with Crippen molar-refractivity contribution in [2.24, 2.45) is 19.1 Å². The zero-order valence-corrected chi connectivity index (χ0v) is 22.2. The zero-order chi connectivity index (χ0) is 27.7. The van der Waals surface area contributed by atoms with E-state index in [1.807, 2.05) is 0 Å². The number of aromatic amines is 2. The number of fused-ring (bicyclic) bond motifs is 2. The number of carbonyl (C=O) groups is 2. The molecule has 3 aromatic rings. The lowest BCUT2D eigenvalue weighted by Crippen LogP contribution is -2.29. The minimum absolute atomic E-state index is 0. The third-order valence-corrected chi connectivity index (χ3v) is 5.25. The molecule has 4 heterocycles. The molecule has 0 spiro atoms. The lowest BCUT2D eigenvalue weighted by molar-refractivity contribution is -0.143. The first-order valence-corrected chi connectivity index (χ1v) is 12.0. The van der Waals surface area contributed by atoms with Gasteiger partial charge in [0.25, 0.3) is 11.1 Å². The van der Waals surface area contributed by atoms with Crippen molar-refractivity contribution in [2.45, 2.75) is 34.2 Å². The normalized spacial score (nSPS) is 10.9. The summed E-state index contributed by atoms with van der Waals surface area (Å²) in [4.78, 5) is 79.0. The summed E-state index contributed by atoms with van der Waals surface area (Å²) in [5.74, 6) is -0.198. The van der Waals surface area contributed by atoms with Crippen LogP contribution < -0.4 is 22.5 Å². The molecule has 0 fully saturated rings. The van der Waals surface area contributed by atoms with Crippen molar-refractivity contribution in [1.82, 2.24) is 28.7 Å². The minimum Gasteiger partial charge on any atom is -0.465 e. The standard InChI is InChI=1S/C10H12N4O4.C7H7N3O2.C4H7BrO2.CH4/c1-3-18-6(15)4-14-5-11-8-7(14)9(16)12-10(17)13(8)2;1-10-5-4(2-3-8-5)6(11)9-7(10)12;1-2-7-4(6)3-5;/h5H,3-4H2,1-2H3,(H,12,16,17);3H,2H2,1H3,(H,9,11,12);2-3H2,1H3;1H4. The van der Waals surface area contributed by atoms with Crippen LogP contribution in [-0.2, 0) is 46.1 Å². The molecule has 0 atom stereocenters. The Bertz CT molecular complexity index is 1540. The predicted octanol–water partition coefficient (Wildman–Crippen LogP) is -0.101. The molecule has 1 aliphatic heterocycles. The number of H-pyrrole nitrogens is 2. The van der Waals surface area contributed by atoms with Gasteiger partial charge in [-0.05, 0) is 13.8 Å². The van der Waals surface area contributed by atoms with Crippen molar-refractivity contribution in [3.8, 4) is 0 Å². The van der Waals surface area contributed by atoms with E-state index >= 15 is 0 Å². The van der Waals surface area contributed by atoms with Crippen molar-refractivity contribution >= 4 is 51.1 Å². The van der Waals surface area contributed by atoms with Crippen molar-refractivity contribution in [2.75, 3.05) is 18.5 Å². The number of nitrogens with zero attached hydrogens (tertiary/aromatic N) is 5. The molecule has 0 aliphatic carbocycles. The maximum absolute atomic E-state index is 11.7. The highest BCUT2D eigenvalue weighted by atomic mass is 79.9. The number of hydrogen-bond donors (Lipinski definition) is 2. The highest BCUT2D eigenvalue weighted by Crippen LogP contribution is 2.16. The fourth-order valence-corrected chi connectivity index (χ4v) is 3.24. The summed E-state index contributed by atoms with van der Waals surface area (Å²) in [5, 5.41) is 0.292.